The van der Waals surface area contributed by atoms with Gasteiger partial charge in [-0.05, 0) is 6.92 Å². The second-order valence-electron chi connectivity index (χ2n) is 3.09. The van der Waals surface area contributed by atoms with Gasteiger partial charge in [0, 0.05) is 19.3 Å². The van der Waals surface area contributed by atoms with Crippen molar-refractivity contribution in [1.82, 2.24) is 9.78 Å². The number of carboxylic acid groups (broad SMARTS) is 1. The van der Waals surface area contributed by atoms with Gasteiger partial charge in [0.05, 0.1) is 6.04 Å². The number of anilines is 1. The van der Waals surface area contributed by atoms with Gasteiger partial charge in [-0.2, -0.15) is 4.68 Å². The molecule has 1 heterocycles. The summed E-state index contributed by atoms with van der Waals surface area (Å²) in [5, 5.41) is 12.3. The van der Waals surface area contributed by atoms with Crippen LogP contribution in [0.15, 0.2) is 12.3 Å². The van der Waals surface area contributed by atoms with E-state index in [1.54, 1.807) is 6.92 Å². The van der Waals surface area contributed by atoms with E-state index >= 15 is 0 Å². The van der Waals surface area contributed by atoms with Crippen molar-refractivity contribution in [2.24, 2.45) is 5.73 Å². The van der Waals surface area contributed by atoms with Crippen LogP contribution in [0.25, 0.3) is 0 Å². The van der Waals surface area contributed by atoms with Crippen LogP contribution in [0.4, 0.5) is 10.6 Å². The molecular formula is C8H12N4O3. The van der Waals surface area contributed by atoms with Crippen LogP contribution in [0.1, 0.15) is 6.92 Å². The normalized spacial score (nSPS) is 12.2. The van der Waals surface area contributed by atoms with Crippen molar-refractivity contribution in [3.63, 3.8) is 0 Å². The Hall–Kier alpha value is -1.89. The van der Waals surface area contributed by atoms with Crippen molar-refractivity contribution < 1.29 is 14.7 Å². The number of hydrogen-bond donors (Lipinski definition) is 2. The molecule has 0 saturated carbocycles. The number of hydrogen-bond acceptors (Lipinski definition) is 4. The summed E-state index contributed by atoms with van der Waals surface area (Å²) in [5.74, 6) is -0.0784. The summed E-state index contributed by atoms with van der Waals surface area (Å²) in [7, 11) is 1.49. The first-order valence-electron chi connectivity index (χ1n) is 4.25. The van der Waals surface area contributed by atoms with E-state index in [0.717, 1.165) is 4.68 Å². The number of carbonyl (C=O) groups is 2. The molecule has 1 amide bonds. The predicted octanol–water partition coefficient (Wildman–Crippen LogP) is -0.281. The third-order valence-electron chi connectivity index (χ3n) is 1.83. The van der Waals surface area contributed by atoms with Gasteiger partial charge in [0.15, 0.2) is 5.82 Å². The number of rotatable bonds is 2. The van der Waals surface area contributed by atoms with E-state index in [-0.39, 0.29) is 11.7 Å². The first-order chi connectivity index (χ1) is 6.93. The van der Waals surface area contributed by atoms with Gasteiger partial charge in [0.2, 0.25) is 5.91 Å². The monoisotopic (exact) mass is 212 g/mol. The molecule has 0 radical (unpaired) electrons. The molecule has 1 aromatic rings. The van der Waals surface area contributed by atoms with E-state index in [0.29, 0.717) is 0 Å². The summed E-state index contributed by atoms with van der Waals surface area (Å²) in [6.07, 6.45) is 0.0470. The lowest BCUT2D eigenvalue weighted by Gasteiger charge is -2.15. The fourth-order valence-corrected chi connectivity index (χ4v) is 1.02. The third kappa shape index (κ3) is 2.32. The van der Waals surface area contributed by atoms with Crippen molar-refractivity contribution in [3.8, 4) is 0 Å². The van der Waals surface area contributed by atoms with Crippen molar-refractivity contribution >= 4 is 17.8 Å². The zero-order valence-corrected chi connectivity index (χ0v) is 8.41. The number of likely N-dealkylation sites (N-methyl/N-ethyl adjacent to an activating group) is 1. The molecule has 0 spiro atoms. The lowest BCUT2D eigenvalue weighted by atomic mass is 10.3. The van der Waals surface area contributed by atoms with Gasteiger partial charge in [0.25, 0.3) is 0 Å². The Balaban J connectivity index is 2.87. The molecule has 0 aliphatic rings. The first kappa shape index (κ1) is 11.2. The highest BCUT2D eigenvalue weighted by molar-refractivity contribution is 5.95. The molecular weight excluding hydrogens is 200 g/mol. The Morgan fingerprint density at radius 1 is 1.67 bits per heavy atom. The lowest BCUT2D eigenvalue weighted by molar-refractivity contribution is -0.119. The van der Waals surface area contributed by atoms with E-state index in [4.69, 9.17) is 10.8 Å². The highest BCUT2D eigenvalue weighted by atomic mass is 16.4. The van der Waals surface area contributed by atoms with Gasteiger partial charge in [-0.25, -0.2) is 4.79 Å². The molecule has 0 aliphatic carbocycles. The highest BCUT2D eigenvalue weighted by Gasteiger charge is 2.17. The Morgan fingerprint density at radius 2 is 2.27 bits per heavy atom. The van der Waals surface area contributed by atoms with Crippen molar-refractivity contribution in [1.29, 1.82) is 0 Å². The van der Waals surface area contributed by atoms with Crippen molar-refractivity contribution in [2.75, 3.05) is 11.9 Å². The number of nitrogens with two attached hydrogens (primary N) is 1. The maximum Gasteiger partial charge on any atom is 0.432 e. The number of nitrogens with zero attached hydrogens (tertiary/aromatic N) is 3. The molecule has 7 heteroatoms. The maximum absolute atomic E-state index is 11.4. The number of amides is 1. The van der Waals surface area contributed by atoms with E-state index in [1.807, 2.05) is 0 Å². The molecule has 0 aliphatic heterocycles. The van der Waals surface area contributed by atoms with E-state index in [1.165, 1.54) is 24.2 Å². The minimum Gasteiger partial charge on any atom is -0.463 e. The molecule has 7 nitrogen and oxygen atoms in total. The molecule has 0 fully saturated rings. The molecule has 1 aromatic heterocycles. The summed E-state index contributed by atoms with van der Waals surface area (Å²) >= 11 is 0. The van der Waals surface area contributed by atoms with Crippen LogP contribution in [0.3, 0.4) is 0 Å². The van der Waals surface area contributed by atoms with Gasteiger partial charge in [-0.15, -0.1) is 5.10 Å². The standard InChI is InChI=1S/C8H12N4O3/c1-5(9)7(13)11(2)6-3-4-12(10-6)8(14)15/h3-5H,9H2,1-2H3,(H,14,15). The third-order valence-corrected chi connectivity index (χ3v) is 1.83. The largest absolute Gasteiger partial charge is 0.463 e. The molecule has 1 unspecified atom stereocenters. The van der Waals surface area contributed by atoms with Gasteiger partial charge >= 0.3 is 6.09 Å². The fourth-order valence-electron chi connectivity index (χ4n) is 1.02. The van der Waals surface area contributed by atoms with Crippen molar-refractivity contribution in [2.45, 2.75) is 13.0 Å². The lowest BCUT2D eigenvalue weighted by Crippen LogP contribution is -2.40. The van der Waals surface area contributed by atoms with Crippen LogP contribution < -0.4 is 10.6 Å². The van der Waals surface area contributed by atoms with Gasteiger partial charge < -0.3 is 10.8 Å². The maximum atomic E-state index is 11.4. The number of aromatic nitrogens is 2. The van der Waals surface area contributed by atoms with E-state index in [9.17, 15) is 9.59 Å². The Kier molecular flexibility index (Phi) is 3.05. The SMILES string of the molecule is CC(N)C(=O)N(C)c1ccn(C(=O)O)n1. The van der Waals surface area contributed by atoms with Gasteiger partial charge in [-0.1, -0.05) is 0 Å². The molecule has 1 atom stereocenters. The first-order valence-corrected chi connectivity index (χ1v) is 4.25. The molecule has 15 heavy (non-hydrogen) atoms. The Morgan fingerprint density at radius 3 is 2.67 bits per heavy atom. The quantitative estimate of drug-likeness (QED) is 0.702. The molecule has 82 valence electrons. The van der Waals surface area contributed by atoms with E-state index in [2.05, 4.69) is 5.10 Å². The van der Waals surface area contributed by atoms with Crippen LogP contribution in [-0.2, 0) is 4.79 Å². The topological polar surface area (TPSA) is 101 Å². The van der Waals surface area contributed by atoms with E-state index < -0.39 is 12.1 Å². The van der Waals surface area contributed by atoms with Gasteiger partial charge in [-0.3, -0.25) is 9.69 Å². The minimum atomic E-state index is -1.21. The molecule has 0 aromatic carbocycles. The summed E-state index contributed by atoms with van der Waals surface area (Å²) < 4.78 is 0.723. The fraction of sp³-hybridized carbons (Fsp3) is 0.375. The van der Waals surface area contributed by atoms with Crippen LogP contribution in [0.5, 0.6) is 0 Å². The Labute approximate surface area is 86.1 Å². The summed E-state index contributed by atoms with van der Waals surface area (Å²) in [4.78, 5) is 23.2. The number of carbonyl (C=O) groups excluding carboxylic acids is 1. The second-order valence-corrected chi connectivity index (χ2v) is 3.09. The van der Waals surface area contributed by atoms with Gasteiger partial charge in [0.1, 0.15) is 0 Å². The Bertz CT molecular complexity index is 385. The zero-order valence-electron chi connectivity index (χ0n) is 8.41. The zero-order chi connectivity index (χ0) is 11.6. The highest BCUT2D eigenvalue weighted by Crippen LogP contribution is 2.08. The van der Waals surface area contributed by atoms with Crippen molar-refractivity contribution in [3.05, 3.63) is 12.3 Å². The van der Waals surface area contributed by atoms with Crippen LogP contribution in [0.2, 0.25) is 0 Å². The minimum absolute atomic E-state index is 0.250. The second kappa shape index (κ2) is 4.09. The average molecular weight is 212 g/mol. The molecule has 0 bridgehead atoms. The van der Waals surface area contributed by atoms with Crippen LogP contribution in [-0.4, -0.2) is 40.0 Å². The predicted molar refractivity (Wildman–Crippen MR) is 52.7 cm³/mol. The summed E-state index contributed by atoms with van der Waals surface area (Å²) in [6.45, 7) is 1.55. The summed E-state index contributed by atoms with van der Waals surface area (Å²) in [5.41, 5.74) is 5.40. The van der Waals surface area contributed by atoms with Crippen LogP contribution >= 0.6 is 0 Å². The summed E-state index contributed by atoms with van der Waals surface area (Å²) in [6, 6.07) is 0.777. The average Bonchev–Trinajstić information content (AvgIpc) is 2.64. The molecule has 3 N–H and O–H groups in total. The van der Waals surface area contributed by atoms with Crippen LogP contribution in [0, 0.1) is 0 Å². The molecule has 0 saturated heterocycles. The smallest absolute Gasteiger partial charge is 0.432 e. The molecule has 1 rings (SSSR count).